The van der Waals surface area contributed by atoms with E-state index in [0.29, 0.717) is 17.7 Å². The number of thioether (sulfide) groups is 1. The molecule has 18 heavy (non-hydrogen) atoms. The van der Waals surface area contributed by atoms with Crippen molar-refractivity contribution in [3.05, 3.63) is 29.8 Å². The Bertz CT molecular complexity index is 418. The van der Waals surface area contributed by atoms with E-state index in [9.17, 15) is 4.79 Å². The fraction of sp³-hybridized carbons (Fsp3) is 0.500. The van der Waals surface area contributed by atoms with E-state index in [4.69, 9.17) is 5.73 Å². The van der Waals surface area contributed by atoms with Crippen LogP contribution in [0.3, 0.4) is 0 Å². The molecule has 1 saturated heterocycles. The van der Waals surface area contributed by atoms with Gasteiger partial charge in [0.2, 0.25) is 5.91 Å². The minimum absolute atomic E-state index is 0.222. The Hall–Kier alpha value is -1.16. The highest BCUT2D eigenvalue weighted by Gasteiger charge is 2.28. The van der Waals surface area contributed by atoms with E-state index >= 15 is 0 Å². The smallest absolute Gasteiger partial charge is 0.227 e. The zero-order valence-corrected chi connectivity index (χ0v) is 11.7. The van der Waals surface area contributed by atoms with Gasteiger partial charge in [0.15, 0.2) is 0 Å². The Balaban J connectivity index is 2.01. The van der Waals surface area contributed by atoms with Crippen LogP contribution in [-0.4, -0.2) is 34.4 Å². The zero-order chi connectivity index (χ0) is 13.1. The average molecular weight is 264 g/mol. The monoisotopic (exact) mass is 264 g/mol. The Morgan fingerprint density at radius 1 is 1.39 bits per heavy atom. The van der Waals surface area contributed by atoms with E-state index in [1.54, 1.807) is 0 Å². The maximum absolute atomic E-state index is 12.3. The van der Waals surface area contributed by atoms with E-state index in [0.717, 1.165) is 23.5 Å². The number of rotatable bonds is 2. The molecule has 4 heteroatoms. The molecule has 3 nitrogen and oxygen atoms in total. The maximum Gasteiger partial charge on any atom is 0.227 e. The second-order valence-electron chi connectivity index (χ2n) is 4.82. The van der Waals surface area contributed by atoms with Crippen molar-refractivity contribution in [3.63, 3.8) is 0 Å². The third-order valence-electron chi connectivity index (χ3n) is 3.54. The molecule has 1 aromatic carbocycles. The third kappa shape index (κ3) is 2.99. The van der Waals surface area contributed by atoms with Crippen LogP contribution in [0.5, 0.6) is 0 Å². The Kier molecular flexibility index (Phi) is 4.17. The lowest BCUT2D eigenvalue weighted by Gasteiger charge is -2.37. The molecule has 1 aromatic rings. The number of nitrogens with two attached hydrogens (primary N) is 1. The predicted octanol–water partition coefficient (Wildman–Crippen LogP) is 2.16. The highest BCUT2D eigenvalue weighted by atomic mass is 32.2. The summed E-state index contributed by atoms with van der Waals surface area (Å²) in [6.07, 6.45) is 0.474. The third-order valence-corrected chi connectivity index (χ3v) is 4.88. The summed E-state index contributed by atoms with van der Waals surface area (Å²) in [5.74, 6) is 1.26. The van der Waals surface area contributed by atoms with E-state index in [2.05, 4.69) is 13.8 Å². The molecule has 2 N–H and O–H groups in total. The molecule has 0 saturated carbocycles. The molecule has 0 radical (unpaired) electrons. The molecule has 1 amide bonds. The van der Waals surface area contributed by atoms with Crippen LogP contribution in [0.15, 0.2) is 24.3 Å². The first-order valence-corrected chi connectivity index (χ1v) is 7.38. The van der Waals surface area contributed by atoms with E-state index in [-0.39, 0.29) is 5.91 Å². The molecule has 0 spiro atoms. The molecule has 98 valence electrons. The first-order valence-electron chi connectivity index (χ1n) is 6.33. The van der Waals surface area contributed by atoms with Crippen molar-refractivity contribution in [1.82, 2.24) is 4.90 Å². The minimum Gasteiger partial charge on any atom is -0.399 e. The average Bonchev–Trinajstić information content (AvgIpc) is 2.35. The van der Waals surface area contributed by atoms with Crippen LogP contribution in [0, 0.1) is 0 Å². The van der Waals surface area contributed by atoms with Crippen LogP contribution in [0.25, 0.3) is 0 Å². The number of carbonyl (C=O) groups is 1. The summed E-state index contributed by atoms with van der Waals surface area (Å²) >= 11 is 1.95. The molecule has 2 atom stereocenters. The van der Waals surface area contributed by atoms with Crippen molar-refractivity contribution >= 4 is 23.4 Å². The molecule has 1 aliphatic rings. The molecule has 2 unspecified atom stereocenters. The standard InChI is InChI=1S/C14H20N2OS/c1-10-11(2)18-8-7-16(10)14(17)9-12-3-5-13(15)6-4-12/h3-6,10-11H,7-9,15H2,1-2H3. The summed E-state index contributed by atoms with van der Waals surface area (Å²) in [6.45, 7) is 5.19. The quantitative estimate of drug-likeness (QED) is 0.833. The van der Waals surface area contributed by atoms with Crippen LogP contribution < -0.4 is 5.73 Å². The summed E-state index contributed by atoms with van der Waals surface area (Å²) in [6, 6.07) is 7.88. The van der Waals surface area contributed by atoms with Crippen molar-refractivity contribution in [1.29, 1.82) is 0 Å². The molecule has 0 aliphatic carbocycles. The molecule has 0 aromatic heterocycles. The van der Waals surface area contributed by atoms with Gasteiger partial charge in [-0.2, -0.15) is 11.8 Å². The zero-order valence-electron chi connectivity index (χ0n) is 10.9. The van der Waals surface area contributed by atoms with Crippen LogP contribution >= 0.6 is 11.8 Å². The Labute approximate surface area is 113 Å². The highest BCUT2D eigenvalue weighted by molar-refractivity contribution is 8.00. The van der Waals surface area contributed by atoms with E-state index < -0.39 is 0 Å². The molecule has 1 fully saturated rings. The lowest BCUT2D eigenvalue weighted by molar-refractivity contribution is -0.132. The summed E-state index contributed by atoms with van der Waals surface area (Å²) < 4.78 is 0. The maximum atomic E-state index is 12.3. The van der Waals surface area contributed by atoms with E-state index in [1.807, 2.05) is 40.9 Å². The van der Waals surface area contributed by atoms with Gasteiger partial charge in [-0.05, 0) is 24.6 Å². The van der Waals surface area contributed by atoms with Crippen LogP contribution in [0.2, 0.25) is 0 Å². The first-order chi connectivity index (χ1) is 8.58. The molecule has 1 heterocycles. The number of benzene rings is 1. The largest absolute Gasteiger partial charge is 0.399 e. The fourth-order valence-electron chi connectivity index (χ4n) is 2.20. The minimum atomic E-state index is 0.222. The number of amides is 1. The Morgan fingerprint density at radius 3 is 2.72 bits per heavy atom. The second kappa shape index (κ2) is 5.65. The number of carbonyl (C=O) groups excluding carboxylic acids is 1. The first kappa shape index (κ1) is 13.3. The topological polar surface area (TPSA) is 46.3 Å². The van der Waals surface area contributed by atoms with Crippen molar-refractivity contribution in [2.75, 3.05) is 18.0 Å². The summed E-state index contributed by atoms with van der Waals surface area (Å²) in [7, 11) is 0. The van der Waals surface area contributed by atoms with Crippen molar-refractivity contribution < 1.29 is 4.79 Å². The van der Waals surface area contributed by atoms with Gasteiger partial charge in [0.25, 0.3) is 0 Å². The SMILES string of the molecule is CC1SCCN(C(=O)Cc2ccc(N)cc2)C1C. The summed E-state index contributed by atoms with van der Waals surface area (Å²) in [5, 5.41) is 0.522. The molecule has 2 rings (SSSR count). The predicted molar refractivity (Wildman–Crippen MR) is 77.7 cm³/mol. The van der Waals surface area contributed by atoms with Crippen LogP contribution in [-0.2, 0) is 11.2 Å². The number of anilines is 1. The van der Waals surface area contributed by atoms with Crippen molar-refractivity contribution in [2.24, 2.45) is 0 Å². The molecule has 1 aliphatic heterocycles. The Morgan fingerprint density at radius 2 is 2.06 bits per heavy atom. The summed E-state index contributed by atoms with van der Waals surface area (Å²) in [5.41, 5.74) is 7.42. The lowest BCUT2D eigenvalue weighted by atomic mass is 10.1. The molecule has 0 bridgehead atoms. The van der Waals surface area contributed by atoms with Crippen LogP contribution in [0.4, 0.5) is 5.69 Å². The van der Waals surface area contributed by atoms with Gasteiger partial charge < -0.3 is 10.6 Å². The van der Waals surface area contributed by atoms with Crippen molar-refractivity contribution in [3.8, 4) is 0 Å². The summed E-state index contributed by atoms with van der Waals surface area (Å²) in [4.78, 5) is 14.3. The second-order valence-corrected chi connectivity index (χ2v) is 6.31. The van der Waals surface area contributed by atoms with Crippen molar-refractivity contribution in [2.45, 2.75) is 31.6 Å². The number of nitrogens with zero attached hydrogens (tertiary/aromatic N) is 1. The van der Waals surface area contributed by atoms with Gasteiger partial charge in [0, 0.05) is 29.3 Å². The normalized spacial score (nSPS) is 24.0. The van der Waals surface area contributed by atoms with Gasteiger partial charge in [-0.1, -0.05) is 19.1 Å². The van der Waals surface area contributed by atoms with E-state index in [1.165, 1.54) is 0 Å². The van der Waals surface area contributed by atoms with Gasteiger partial charge in [0.05, 0.1) is 6.42 Å². The fourth-order valence-corrected chi connectivity index (χ4v) is 3.30. The van der Waals surface area contributed by atoms with Crippen LogP contribution in [0.1, 0.15) is 19.4 Å². The molecular formula is C14H20N2OS. The van der Waals surface area contributed by atoms with Gasteiger partial charge >= 0.3 is 0 Å². The number of hydrogen-bond acceptors (Lipinski definition) is 3. The molecular weight excluding hydrogens is 244 g/mol. The van der Waals surface area contributed by atoms with Gasteiger partial charge in [-0.15, -0.1) is 0 Å². The van der Waals surface area contributed by atoms with Gasteiger partial charge in [-0.25, -0.2) is 0 Å². The highest BCUT2D eigenvalue weighted by Crippen LogP contribution is 2.24. The number of nitrogen functional groups attached to an aromatic ring is 1. The lowest BCUT2D eigenvalue weighted by Crippen LogP contribution is -2.48. The van der Waals surface area contributed by atoms with Gasteiger partial charge in [-0.3, -0.25) is 4.79 Å². The number of hydrogen-bond donors (Lipinski definition) is 1. The van der Waals surface area contributed by atoms with Gasteiger partial charge in [0.1, 0.15) is 0 Å².